The quantitative estimate of drug-likeness (QED) is 0.743. The zero-order valence-electron chi connectivity index (χ0n) is 10.9. The van der Waals surface area contributed by atoms with Gasteiger partial charge in [-0.05, 0) is 50.3 Å². The summed E-state index contributed by atoms with van der Waals surface area (Å²) < 4.78 is 5.44. The first-order valence-electron chi connectivity index (χ1n) is 6.78. The van der Waals surface area contributed by atoms with Crippen LogP contribution in [0.5, 0.6) is 5.75 Å². The Morgan fingerprint density at radius 2 is 2.17 bits per heavy atom. The number of allylic oxidation sites excluding steroid dienone is 2. The first kappa shape index (κ1) is 12.9. The van der Waals surface area contributed by atoms with Gasteiger partial charge in [0.2, 0.25) is 0 Å². The van der Waals surface area contributed by atoms with Crippen molar-refractivity contribution in [3.63, 3.8) is 0 Å². The molecule has 0 aliphatic heterocycles. The fraction of sp³-hybridized carbons (Fsp3) is 0.438. The molecule has 0 saturated heterocycles. The van der Waals surface area contributed by atoms with E-state index >= 15 is 0 Å². The molecule has 0 atom stereocenters. The Kier molecular flexibility index (Phi) is 4.57. The summed E-state index contributed by atoms with van der Waals surface area (Å²) in [5, 5.41) is 0. The highest BCUT2D eigenvalue weighted by atomic mass is 16.5. The summed E-state index contributed by atoms with van der Waals surface area (Å²) in [6.07, 6.45) is 7.62. The van der Waals surface area contributed by atoms with E-state index in [2.05, 4.69) is 6.08 Å². The number of hydrogen-bond donors (Lipinski definition) is 0. The normalized spacial score (nSPS) is 15.7. The van der Waals surface area contributed by atoms with Crippen molar-refractivity contribution >= 4 is 5.78 Å². The van der Waals surface area contributed by atoms with Crippen LogP contribution in [-0.2, 0) is 0 Å². The summed E-state index contributed by atoms with van der Waals surface area (Å²) in [4.78, 5) is 12.4. The van der Waals surface area contributed by atoms with Crippen molar-refractivity contribution in [3.8, 4) is 5.75 Å². The number of hydrogen-bond acceptors (Lipinski definition) is 2. The Morgan fingerprint density at radius 3 is 3.00 bits per heavy atom. The Labute approximate surface area is 109 Å². The van der Waals surface area contributed by atoms with Crippen molar-refractivity contribution in [2.24, 2.45) is 0 Å². The molecule has 0 unspecified atom stereocenters. The summed E-state index contributed by atoms with van der Waals surface area (Å²) in [6, 6.07) is 7.49. The van der Waals surface area contributed by atoms with E-state index in [9.17, 15) is 4.79 Å². The van der Waals surface area contributed by atoms with Gasteiger partial charge in [0.1, 0.15) is 5.75 Å². The third-order valence-electron chi connectivity index (χ3n) is 3.24. The molecule has 2 heteroatoms. The fourth-order valence-corrected chi connectivity index (χ4v) is 2.30. The van der Waals surface area contributed by atoms with Gasteiger partial charge in [-0.3, -0.25) is 4.79 Å². The lowest BCUT2D eigenvalue weighted by Crippen LogP contribution is -2.04. The first-order valence-corrected chi connectivity index (χ1v) is 6.78. The van der Waals surface area contributed by atoms with E-state index in [0.717, 1.165) is 36.1 Å². The van der Waals surface area contributed by atoms with Crippen LogP contribution in [0.25, 0.3) is 0 Å². The maximum absolute atomic E-state index is 12.4. The fourth-order valence-electron chi connectivity index (χ4n) is 2.30. The van der Waals surface area contributed by atoms with Crippen LogP contribution in [0.15, 0.2) is 35.9 Å². The van der Waals surface area contributed by atoms with Gasteiger partial charge in [-0.1, -0.05) is 24.6 Å². The second-order valence-corrected chi connectivity index (χ2v) is 4.62. The van der Waals surface area contributed by atoms with Crippen molar-refractivity contribution < 1.29 is 9.53 Å². The van der Waals surface area contributed by atoms with Crippen molar-refractivity contribution in [2.45, 2.75) is 39.0 Å². The molecular formula is C16H20O2. The molecule has 2 nitrogen and oxygen atoms in total. The predicted molar refractivity (Wildman–Crippen MR) is 73.1 cm³/mol. The molecule has 0 amide bonds. The Hall–Kier alpha value is -1.57. The number of carbonyl (C=O) groups is 1. The van der Waals surface area contributed by atoms with Crippen molar-refractivity contribution in [3.05, 3.63) is 41.5 Å². The predicted octanol–water partition coefficient (Wildman–Crippen LogP) is 4.16. The van der Waals surface area contributed by atoms with E-state index in [-0.39, 0.29) is 5.78 Å². The van der Waals surface area contributed by atoms with Crippen LogP contribution < -0.4 is 4.74 Å². The van der Waals surface area contributed by atoms with E-state index in [1.807, 2.05) is 31.2 Å². The van der Waals surface area contributed by atoms with Crippen LogP contribution in [0.4, 0.5) is 0 Å². The van der Waals surface area contributed by atoms with Gasteiger partial charge < -0.3 is 4.74 Å². The smallest absolute Gasteiger partial charge is 0.188 e. The Morgan fingerprint density at radius 1 is 1.28 bits per heavy atom. The van der Waals surface area contributed by atoms with Gasteiger partial charge in [-0.2, -0.15) is 0 Å². The molecule has 1 aromatic carbocycles. The highest BCUT2D eigenvalue weighted by Crippen LogP contribution is 2.22. The average Bonchev–Trinajstić information content (AvgIpc) is 2.67. The Balaban J connectivity index is 2.16. The molecule has 2 rings (SSSR count). The summed E-state index contributed by atoms with van der Waals surface area (Å²) in [7, 11) is 0. The molecule has 18 heavy (non-hydrogen) atoms. The average molecular weight is 244 g/mol. The number of benzene rings is 1. The highest BCUT2D eigenvalue weighted by molar-refractivity contribution is 6.08. The van der Waals surface area contributed by atoms with Gasteiger partial charge in [0, 0.05) is 5.56 Å². The lowest BCUT2D eigenvalue weighted by molar-refractivity contribution is 0.103. The second kappa shape index (κ2) is 6.39. The SMILES string of the molecule is CCOc1cccc(C(=O)C2=CCCCCC2)c1. The van der Waals surface area contributed by atoms with Crippen LogP contribution in [-0.4, -0.2) is 12.4 Å². The molecule has 0 heterocycles. The molecule has 1 aliphatic carbocycles. The summed E-state index contributed by atoms with van der Waals surface area (Å²) >= 11 is 0. The zero-order valence-corrected chi connectivity index (χ0v) is 10.9. The van der Waals surface area contributed by atoms with E-state index in [1.165, 1.54) is 12.8 Å². The molecule has 96 valence electrons. The minimum Gasteiger partial charge on any atom is -0.494 e. The molecule has 1 aromatic rings. The Bertz CT molecular complexity index is 446. The molecule has 0 aromatic heterocycles. The van der Waals surface area contributed by atoms with Crippen molar-refractivity contribution in [2.75, 3.05) is 6.61 Å². The number of Topliss-reactive ketones (excluding diaryl/α,β-unsaturated/α-hetero) is 1. The van der Waals surface area contributed by atoms with Crippen LogP contribution in [0.1, 0.15) is 49.4 Å². The van der Waals surface area contributed by atoms with Crippen LogP contribution in [0, 0.1) is 0 Å². The molecule has 1 aliphatic rings. The number of ether oxygens (including phenoxy) is 1. The number of carbonyl (C=O) groups excluding carboxylic acids is 1. The monoisotopic (exact) mass is 244 g/mol. The van der Waals surface area contributed by atoms with Crippen LogP contribution >= 0.6 is 0 Å². The summed E-state index contributed by atoms with van der Waals surface area (Å²) in [5.74, 6) is 0.941. The zero-order chi connectivity index (χ0) is 12.8. The lowest BCUT2D eigenvalue weighted by Gasteiger charge is -2.07. The van der Waals surface area contributed by atoms with Crippen molar-refractivity contribution in [1.29, 1.82) is 0 Å². The van der Waals surface area contributed by atoms with Gasteiger partial charge in [0.15, 0.2) is 5.78 Å². The van der Waals surface area contributed by atoms with Crippen LogP contribution in [0.2, 0.25) is 0 Å². The standard InChI is InChI=1S/C16H20O2/c1-2-18-15-11-7-10-14(12-15)16(17)13-8-5-3-4-6-9-13/h7-8,10-12H,2-6,9H2,1H3. The number of rotatable bonds is 4. The van der Waals surface area contributed by atoms with Gasteiger partial charge in [0.05, 0.1) is 6.61 Å². The van der Waals surface area contributed by atoms with Gasteiger partial charge in [-0.15, -0.1) is 0 Å². The lowest BCUT2D eigenvalue weighted by atomic mass is 9.99. The van der Waals surface area contributed by atoms with Gasteiger partial charge in [-0.25, -0.2) is 0 Å². The summed E-state index contributed by atoms with van der Waals surface area (Å²) in [5.41, 5.74) is 1.72. The third-order valence-corrected chi connectivity index (χ3v) is 3.24. The first-order chi connectivity index (χ1) is 8.81. The minimum absolute atomic E-state index is 0.165. The molecule has 0 bridgehead atoms. The van der Waals surface area contributed by atoms with E-state index in [0.29, 0.717) is 6.61 Å². The van der Waals surface area contributed by atoms with Gasteiger partial charge >= 0.3 is 0 Å². The minimum atomic E-state index is 0.165. The molecule has 0 radical (unpaired) electrons. The van der Waals surface area contributed by atoms with E-state index in [4.69, 9.17) is 4.74 Å². The molecular weight excluding hydrogens is 224 g/mol. The van der Waals surface area contributed by atoms with Crippen LogP contribution in [0.3, 0.4) is 0 Å². The molecule has 0 spiro atoms. The topological polar surface area (TPSA) is 26.3 Å². The molecule has 0 fully saturated rings. The third kappa shape index (κ3) is 3.22. The molecule has 0 N–H and O–H groups in total. The van der Waals surface area contributed by atoms with E-state index < -0.39 is 0 Å². The van der Waals surface area contributed by atoms with E-state index in [1.54, 1.807) is 0 Å². The molecule has 0 saturated carbocycles. The van der Waals surface area contributed by atoms with Crippen molar-refractivity contribution in [1.82, 2.24) is 0 Å². The van der Waals surface area contributed by atoms with Gasteiger partial charge in [0.25, 0.3) is 0 Å². The highest BCUT2D eigenvalue weighted by Gasteiger charge is 2.14. The maximum Gasteiger partial charge on any atom is 0.188 e. The second-order valence-electron chi connectivity index (χ2n) is 4.62. The number of ketones is 1. The summed E-state index contributed by atoms with van der Waals surface area (Å²) in [6.45, 7) is 2.57. The maximum atomic E-state index is 12.4. The largest absolute Gasteiger partial charge is 0.494 e.